The van der Waals surface area contributed by atoms with E-state index < -0.39 is 49.5 Å². The SMILES string of the molecule is CCCCCCCCCCCCCC/C=C\CCCCCCCCCCCCCCC(=O)NC(COC1OC(CO)C(O)C(O)C1O)C(O)CCCCCCCCCCCCC. The number of aliphatic hydroxyl groups excluding tert-OH is 5. The van der Waals surface area contributed by atoms with Gasteiger partial charge in [-0.1, -0.05) is 231 Å². The number of hydrogen-bond acceptors (Lipinski definition) is 8. The molecular formula is C53H103NO8. The molecule has 0 bridgehead atoms. The van der Waals surface area contributed by atoms with Crippen molar-refractivity contribution in [3.8, 4) is 0 Å². The summed E-state index contributed by atoms with van der Waals surface area (Å²) < 4.78 is 11.3. The van der Waals surface area contributed by atoms with Gasteiger partial charge in [0.25, 0.3) is 0 Å². The second-order valence-corrected chi connectivity index (χ2v) is 19.0. The van der Waals surface area contributed by atoms with E-state index >= 15 is 0 Å². The van der Waals surface area contributed by atoms with Crippen molar-refractivity contribution in [3.05, 3.63) is 12.2 Å². The Kier molecular flexibility index (Phi) is 41.6. The normalized spacial score (nSPS) is 20.3. The van der Waals surface area contributed by atoms with Gasteiger partial charge in [-0.05, 0) is 38.5 Å². The van der Waals surface area contributed by atoms with Crippen molar-refractivity contribution in [1.29, 1.82) is 0 Å². The Morgan fingerprint density at radius 1 is 0.532 bits per heavy atom. The minimum absolute atomic E-state index is 0.134. The van der Waals surface area contributed by atoms with Gasteiger partial charge < -0.3 is 40.3 Å². The summed E-state index contributed by atoms with van der Waals surface area (Å²) in [5, 5.41) is 54.4. The molecule has 9 heteroatoms. The maximum atomic E-state index is 13.0. The van der Waals surface area contributed by atoms with Crippen molar-refractivity contribution in [2.45, 2.75) is 307 Å². The first-order valence-corrected chi connectivity index (χ1v) is 26.9. The van der Waals surface area contributed by atoms with E-state index in [1.165, 1.54) is 199 Å². The Bertz CT molecular complexity index is 981. The van der Waals surface area contributed by atoms with Crippen LogP contribution in [-0.2, 0) is 14.3 Å². The second kappa shape index (κ2) is 43.8. The first-order chi connectivity index (χ1) is 30.3. The molecule has 7 unspecified atom stereocenters. The van der Waals surface area contributed by atoms with Gasteiger partial charge in [0.05, 0.1) is 25.4 Å². The molecule has 1 heterocycles. The van der Waals surface area contributed by atoms with Gasteiger partial charge in [-0.15, -0.1) is 0 Å². The Balaban J connectivity index is 2.14. The van der Waals surface area contributed by atoms with Gasteiger partial charge in [0.1, 0.15) is 24.4 Å². The van der Waals surface area contributed by atoms with Crippen LogP contribution < -0.4 is 5.32 Å². The number of carbonyl (C=O) groups excluding carboxylic acids is 1. The van der Waals surface area contributed by atoms with Gasteiger partial charge in [-0.2, -0.15) is 0 Å². The van der Waals surface area contributed by atoms with Crippen LogP contribution in [0.15, 0.2) is 12.2 Å². The lowest BCUT2D eigenvalue weighted by Gasteiger charge is -2.40. The lowest BCUT2D eigenvalue weighted by molar-refractivity contribution is -0.302. The maximum Gasteiger partial charge on any atom is 0.220 e. The number of unbranched alkanes of at least 4 members (excludes halogenated alkanes) is 34. The highest BCUT2D eigenvalue weighted by Gasteiger charge is 2.44. The largest absolute Gasteiger partial charge is 0.394 e. The van der Waals surface area contributed by atoms with E-state index in [-0.39, 0.29) is 12.5 Å². The number of hydrogen-bond donors (Lipinski definition) is 6. The minimum Gasteiger partial charge on any atom is -0.394 e. The number of ether oxygens (including phenoxy) is 2. The molecule has 368 valence electrons. The van der Waals surface area contributed by atoms with Crippen molar-refractivity contribution in [2.24, 2.45) is 0 Å². The third-order valence-electron chi connectivity index (χ3n) is 13.1. The Labute approximate surface area is 382 Å². The molecule has 1 amide bonds. The van der Waals surface area contributed by atoms with E-state index in [2.05, 4.69) is 31.3 Å². The molecule has 6 N–H and O–H groups in total. The molecule has 9 nitrogen and oxygen atoms in total. The lowest BCUT2D eigenvalue weighted by atomic mass is 9.99. The average molecular weight is 882 g/mol. The fourth-order valence-corrected chi connectivity index (χ4v) is 8.80. The highest BCUT2D eigenvalue weighted by atomic mass is 16.7. The summed E-state index contributed by atoms with van der Waals surface area (Å²) in [6.07, 6.45) is 45.3. The molecule has 0 aromatic carbocycles. The fourth-order valence-electron chi connectivity index (χ4n) is 8.80. The molecular weight excluding hydrogens is 779 g/mol. The van der Waals surface area contributed by atoms with E-state index in [1.54, 1.807) is 0 Å². The lowest BCUT2D eigenvalue weighted by Crippen LogP contribution is -2.60. The number of aliphatic hydroxyl groups is 5. The predicted octanol–water partition coefficient (Wildman–Crippen LogP) is 12.5. The molecule has 0 radical (unpaired) electrons. The van der Waals surface area contributed by atoms with Gasteiger partial charge >= 0.3 is 0 Å². The summed E-state index contributed by atoms with van der Waals surface area (Å²) in [5.41, 5.74) is 0. The summed E-state index contributed by atoms with van der Waals surface area (Å²) in [6, 6.07) is -0.714. The fraction of sp³-hybridized carbons (Fsp3) is 0.943. The van der Waals surface area contributed by atoms with E-state index in [0.717, 1.165) is 38.5 Å². The molecule has 1 aliphatic heterocycles. The van der Waals surface area contributed by atoms with Crippen molar-refractivity contribution in [2.75, 3.05) is 13.2 Å². The van der Waals surface area contributed by atoms with Crippen LogP contribution in [0.25, 0.3) is 0 Å². The van der Waals surface area contributed by atoms with Crippen LogP contribution in [0.3, 0.4) is 0 Å². The summed E-state index contributed by atoms with van der Waals surface area (Å²) in [6.45, 7) is 3.84. The van der Waals surface area contributed by atoms with Crippen LogP contribution in [0.4, 0.5) is 0 Å². The van der Waals surface area contributed by atoms with Crippen LogP contribution in [-0.4, -0.2) is 87.5 Å². The molecule has 1 saturated heterocycles. The summed E-state index contributed by atoms with van der Waals surface area (Å²) in [5.74, 6) is -0.142. The number of amides is 1. The van der Waals surface area contributed by atoms with Gasteiger partial charge in [0, 0.05) is 6.42 Å². The summed E-state index contributed by atoms with van der Waals surface area (Å²) >= 11 is 0. The number of rotatable bonds is 46. The topological polar surface area (TPSA) is 149 Å². The van der Waals surface area contributed by atoms with Gasteiger partial charge in [-0.25, -0.2) is 0 Å². The van der Waals surface area contributed by atoms with Gasteiger partial charge in [0.2, 0.25) is 5.91 Å². The quantitative estimate of drug-likeness (QED) is 0.0261. The molecule has 0 saturated carbocycles. The van der Waals surface area contributed by atoms with E-state index in [4.69, 9.17) is 9.47 Å². The molecule has 1 aliphatic rings. The van der Waals surface area contributed by atoms with E-state index in [9.17, 15) is 30.3 Å². The van der Waals surface area contributed by atoms with Gasteiger partial charge in [0.15, 0.2) is 6.29 Å². The van der Waals surface area contributed by atoms with Crippen molar-refractivity contribution in [1.82, 2.24) is 5.32 Å². The van der Waals surface area contributed by atoms with Crippen molar-refractivity contribution < 1.29 is 39.8 Å². The number of nitrogens with one attached hydrogen (secondary N) is 1. The van der Waals surface area contributed by atoms with Crippen molar-refractivity contribution in [3.63, 3.8) is 0 Å². The van der Waals surface area contributed by atoms with Crippen LogP contribution >= 0.6 is 0 Å². The first-order valence-electron chi connectivity index (χ1n) is 26.9. The third-order valence-corrected chi connectivity index (χ3v) is 13.1. The predicted molar refractivity (Wildman–Crippen MR) is 258 cm³/mol. The molecule has 7 atom stereocenters. The molecule has 0 aliphatic carbocycles. The number of carbonyl (C=O) groups is 1. The van der Waals surface area contributed by atoms with Crippen molar-refractivity contribution >= 4 is 5.91 Å². The molecule has 1 rings (SSSR count). The summed E-state index contributed by atoms with van der Waals surface area (Å²) in [7, 11) is 0. The van der Waals surface area contributed by atoms with Crippen LogP contribution in [0.5, 0.6) is 0 Å². The average Bonchev–Trinajstić information content (AvgIpc) is 3.27. The van der Waals surface area contributed by atoms with Gasteiger partial charge in [-0.3, -0.25) is 4.79 Å². The Hall–Kier alpha value is -1.07. The Morgan fingerprint density at radius 3 is 1.31 bits per heavy atom. The molecule has 62 heavy (non-hydrogen) atoms. The molecule has 0 spiro atoms. The van der Waals surface area contributed by atoms with E-state index in [0.29, 0.717) is 12.8 Å². The zero-order valence-electron chi connectivity index (χ0n) is 40.6. The monoisotopic (exact) mass is 882 g/mol. The highest BCUT2D eigenvalue weighted by Crippen LogP contribution is 2.23. The highest BCUT2D eigenvalue weighted by molar-refractivity contribution is 5.76. The zero-order chi connectivity index (χ0) is 45.1. The zero-order valence-corrected chi connectivity index (χ0v) is 40.6. The standard InChI is InChI=1S/C53H103NO8/c1-3-5-7-9-11-13-15-16-17-18-19-20-21-22-23-24-25-26-27-28-29-30-31-33-35-37-39-41-43-49(57)54-46(45-61-53-52(60)51(59)50(58)48(44-55)62-53)47(56)42-40-38-36-34-32-14-12-10-8-6-4-2/h22-23,46-48,50-53,55-56,58-60H,3-21,24-45H2,1-2H3,(H,54,57)/b23-22-. The first kappa shape index (κ1) is 58.9. The molecule has 0 aromatic heterocycles. The maximum absolute atomic E-state index is 13.0. The molecule has 0 aromatic rings. The van der Waals surface area contributed by atoms with Crippen LogP contribution in [0.2, 0.25) is 0 Å². The second-order valence-electron chi connectivity index (χ2n) is 19.0. The van der Waals surface area contributed by atoms with Crippen LogP contribution in [0, 0.1) is 0 Å². The summed E-state index contributed by atoms with van der Waals surface area (Å²) in [4.78, 5) is 13.0. The smallest absolute Gasteiger partial charge is 0.220 e. The Morgan fingerprint density at radius 2 is 0.903 bits per heavy atom. The molecule has 1 fully saturated rings. The van der Waals surface area contributed by atoms with E-state index in [1.807, 2.05) is 0 Å². The minimum atomic E-state index is -1.55. The third kappa shape index (κ3) is 33.4. The van der Waals surface area contributed by atoms with Crippen LogP contribution in [0.1, 0.15) is 264 Å². The number of allylic oxidation sites excluding steroid dienone is 2.